The molecule has 0 aliphatic heterocycles. The van der Waals surface area contributed by atoms with E-state index in [4.69, 9.17) is 5.26 Å². The van der Waals surface area contributed by atoms with Crippen LogP contribution in [0.5, 0.6) is 0 Å². The number of nitrogens with zero attached hydrogens (tertiary/aromatic N) is 1. The minimum atomic E-state index is 0.341. The van der Waals surface area contributed by atoms with Gasteiger partial charge in [-0.05, 0) is 24.7 Å². The first kappa shape index (κ1) is 16.5. The van der Waals surface area contributed by atoms with Gasteiger partial charge < -0.3 is 0 Å². The first-order chi connectivity index (χ1) is 8.24. The predicted molar refractivity (Wildman–Crippen MR) is 75.9 cm³/mol. The van der Waals surface area contributed by atoms with E-state index >= 15 is 0 Å². The first-order valence-electron chi connectivity index (χ1n) is 7.61. The summed E-state index contributed by atoms with van der Waals surface area (Å²) in [5.74, 6) is 0. The Morgan fingerprint density at radius 1 is 0.765 bits per heavy atom. The first-order valence-corrected chi connectivity index (χ1v) is 7.61. The lowest BCUT2D eigenvalue weighted by Gasteiger charge is -2.31. The monoisotopic (exact) mass is 237 g/mol. The fourth-order valence-electron chi connectivity index (χ4n) is 2.82. The van der Waals surface area contributed by atoms with Crippen LogP contribution in [-0.4, -0.2) is 0 Å². The van der Waals surface area contributed by atoms with Gasteiger partial charge in [-0.3, -0.25) is 0 Å². The van der Waals surface area contributed by atoms with E-state index in [0.717, 1.165) is 6.42 Å². The third-order valence-corrected chi connectivity index (χ3v) is 3.86. The van der Waals surface area contributed by atoms with Gasteiger partial charge in [0.15, 0.2) is 0 Å². The van der Waals surface area contributed by atoms with Crippen molar-refractivity contribution in [1.29, 1.82) is 5.26 Å². The molecule has 0 aromatic rings. The Balaban J connectivity index is 4.26. The van der Waals surface area contributed by atoms with Crippen LogP contribution in [0.25, 0.3) is 0 Å². The molecule has 100 valence electrons. The summed E-state index contributed by atoms with van der Waals surface area (Å²) < 4.78 is 0. The lowest BCUT2D eigenvalue weighted by molar-refractivity contribution is 0.207. The standard InChI is InChI=1S/C16H31N/c1-4-7-9-10-13-16(11-6-3,14-15-17)12-8-5-2/h4-14H2,1-3H3/t16-/m0/s1. The van der Waals surface area contributed by atoms with Crippen molar-refractivity contribution in [3.63, 3.8) is 0 Å². The highest BCUT2D eigenvalue weighted by atomic mass is 14.3. The molecule has 0 amide bonds. The molecule has 0 aromatic carbocycles. The van der Waals surface area contributed by atoms with Gasteiger partial charge >= 0.3 is 0 Å². The molecule has 0 aromatic heterocycles. The van der Waals surface area contributed by atoms with Crippen LogP contribution in [0.1, 0.15) is 91.4 Å². The molecule has 1 atom stereocenters. The van der Waals surface area contributed by atoms with Gasteiger partial charge in [0.05, 0.1) is 6.07 Å². The summed E-state index contributed by atoms with van der Waals surface area (Å²) in [6.07, 6.45) is 13.6. The second kappa shape index (κ2) is 10.6. The van der Waals surface area contributed by atoms with Crippen LogP contribution in [0.15, 0.2) is 0 Å². The summed E-state index contributed by atoms with van der Waals surface area (Å²) in [6, 6.07) is 2.44. The van der Waals surface area contributed by atoms with Crippen molar-refractivity contribution in [3.8, 4) is 6.07 Å². The van der Waals surface area contributed by atoms with E-state index in [1.54, 1.807) is 0 Å². The molecule has 17 heavy (non-hydrogen) atoms. The average molecular weight is 237 g/mol. The lowest BCUT2D eigenvalue weighted by Crippen LogP contribution is -2.20. The zero-order valence-corrected chi connectivity index (χ0v) is 12.2. The molecule has 0 bridgehead atoms. The maximum absolute atomic E-state index is 9.08. The molecule has 0 rings (SSSR count). The molecule has 0 heterocycles. The molecular formula is C16H31N. The van der Waals surface area contributed by atoms with Crippen molar-refractivity contribution in [2.24, 2.45) is 5.41 Å². The molecule has 0 aliphatic rings. The van der Waals surface area contributed by atoms with Crippen LogP contribution in [0.2, 0.25) is 0 Å². The van der Waals surface area contributed by atoms with Gasteiger partial charge in [-0.25, -0.2) is 0 Å². The molecule has 1 nitrogen and oxygen atoms in total. The van der Waals surface area contributed by atoms with E-state index in [1.165, 1.54) is 64.2 Å². The van der Waals surface area contributed by atoms with Crippen molar-refractivity contribution in [1.82, 2.24) is 0 Å². The fourth-order valence-corrected chi connectivity index (χ4v) is 2.82. The van der Waals surface area contributed by atoms with Gasteiger partial charge in [-0.2, -0.15) is 5.26 Å². The van der Waals surface area contributed by atoms with Gasteiger partial charge in [-0.15, -0.1) is 0 Å². The van der Waals surface area contributed by atoms with Gasteiger partial charge in [0.25, 0.3) is 0 Å². The lowest BCUT2D eigenvalue weighted by atomic mass is 9.72. The molecule has 0 spiro atoms. The van der Waals surface area contributed by atoms with E-state index in [1.807, 2.05) is 0 Å². The fraction of sp³-hybridized carbons (Fsp3) is 0.938. The number of rotatable bonds is 11. The summed E-state index contributed by atoms with van der Waals surface area (Å²) in [7, 11) is 0. The second-order valence-corrected chi connectivity index (χ2v) is 5.50. The number of nitriles is 1. The Hall–Kier alpha value is -0.510. The van der Waals surface area contributed by atoms with E-state index < -0.39 is 0 Å². The van der Waals surface area contributed by atoms with Crippen molar-refractivity contribution in [2.45, 2.75) is 91.4 Å². The Morgan fingerprint density at radius 2 is 1.41 bits per heavy atom. The third kappa shape index (κ3) is 7.42. The summed E-state index contributed by atoms with van der Waals surface area (Å²) in [5, 5.41) is 9.08. The zero-order chi connectivity index (χ0) is 13.0. The minimum Gasteiger partial charge on any atom is -0.198 e. The maximum Gasteiger partial charge on any atom is 0.0627 e. The summed E-state index contributed by atoms with van der Waals surface area (Å²) >= 11 is 0. The normalized spacial score (nSPS) is 14.2. The SMILES string of the molecule is CCCCCC[C@](CC#N)(CCC)CCCC. The third-order valence-electron chi connectivity index (χ3n) is 3.86. The Bertz CT molecular complexity index is 204. The van der Waals surface area contributed by atoms with Crippen LogP contribution >= 0.6 is 0 Å². The number of hydrogen-bond acceptors (Lipinski definition) is 1. The summed E-state index contributed by atoms with van der Waals surface area (Å²) in [6.45, 7) is 6.76. The van der Waals surface area contributed by atoms with Crippen molar-refractivity contribution in [2.75, 3.05) is 0 Å². The van der Waals surface area contributed by atoms with Gasteiger partial charge in [0, 0.05) is 6.42 Å². The van der Waals surface area contributed by atoms with E-state index in [-0.39, 0.29) is 0 Å². The molecule has 0 fully saturated rings. The number of hydrogen-bond donors (Lipinski definition) is 0. The van der Waals surface area contributed by atoms with Crippen molar-refractivity contribution >= 4 is 0 Å². The van der Waals surface area contributed by atoms with Crippen LogP contribution in [-0.2, 0) is 0 Å². The Morgan fingerprint density at radius 3 is 1.94 bits per heavy atom. The molecule has 0 unspecified atom stereocenters. The highest BCUT2D eigenvalue weighted by molar-refractivity contribution is 4.88. The molecule has 0 aliphatic carbocycles. The maximum atomic E-state index is 9.08. The molecule has 0 saturated carbocycles. The topological polar surface area (TPSA) is 23.8 Å². The van der Waals surface area contributed by atoms with Gasteiger partial charge in [0.1, 0.15) is 0 Å². The van der Waals surface area contributed by atoms with Gasteiger partial charge in [-0.1, -0.05) is 65.7 Å². The van der Waals surface area contributed by atoms with Crippen LogP contribution in [0, 0.1) is 16.7 Å². The smallest absolute Gasteiger partial charge is 0.0627 e. The second-order valence-electron chi connectivity index (χ2n) is 5.50. The Labute approximate surface area is 109 Å². The molecule has 0 saturated heterocycles. The Kier molecular flexibility index (Phi) is 10.3. The highest BCUT2D eigenvalue weighted by Crippen LogP contribution is 2.39. The van der Waals surface area contributed by atoms with Crippen LogP contribution in [0.4, 0.5) is 0 Å². The van der Waals surface area contributed by atoms with Crippen molar-refractivity contribution < 1.29 is 0 Å². The largest absolute Gasteiger partial charge is 0.198 e. The summed E-state index contributed by atoms with van der Waals surface area (Å²) in [4.78, 5) is 0. The van der Waals surface area contributed by atoms with Crippen LogP contribution in [0.3, 0.4) is 0 Å². The highest BCUT2D eigenvalue weighted by Gasteiger charge is 2.27. The van der Waals surface area contributed by atoms with E-state index in [0.29, 0.717) is 5.41 Å². The average Bonchev–Trinajstić information content (AvgIpc) is 2.33. The molecule has 1 heteroatoms. The predicted octanol–water partition coefficient (Wildman–Crippen LogP) is 5.85. The van der Waals surface area contributed by atoms with Gasteiger partial charge in [0.2, 0.25) is 0 Å². The molecular weight excluding hydrogens is 206 g/mol. The quantitative estimate of drug-likeness (QED) is 0.414. The summed E-state index contributed by atoms with van der Waals surface area (Å²) in [5.41, 5.74) is 0.341. The van der Waals surface area contributed by atoms with Crippen LogP contribution < -0.4 is 0 Å². The van der Waals surface area contributed by atoms with Crippen molar-refractivity contribution in [3.05, 3.63) is 0 Å². The minimum absolute atomic E-state index is 0.341. The molecule has 0 radical (unpaired) electrons. The van der Waals surface area contributed by atoms with E-state index in [2.05, 4.69) is 26.8 Å². The molecule has 0 N–H and O–H groups in total. The number of unbranched alkanes of at least 4 members (excludes halogenated alkanes) is 4. The van der Waals surface area contributed by atoms with E-state index in [9.17, 15) is 0 Å². The zero-order valence-electron chi connectivity index (χ0n) is 12.2.